The average molecular weight is 289 g/mol. The zero-order valence-corrected chi connectivity index (χ0v) is 12.1. The Morgan fingerprint density at radius 3 is 2.40 bits per heavy atom. The number of rotatable bonds is 4. The summed E-state index contributed by atoms with van der Waals surface area (Å²) in [5.74, 6) is 0.866. The Morgan fingerprint density at radius 2 is 1.80 bits per heavy atom. The van der Waals surface area contributed by atoms with Crippen molar-refractivity contribution in [3.8, 4) is 5.75 Å². The predicted octanol–water partition coefficient (Wildman–Crippen LogP) is 4.27. The van der Waals surface area contributed by atoms with E-state index in [1.807, 2.05) is 43.3 Å². The highest BCUT2D eigenvalue weighted by Gasteiger charge is 2.23. The van der Waals surface area contributed by atoms with Gasteiger partial charge in [-0.05, 0) is 60.7 Å². The van der Waals surface area contributed by atoms with Gasteiger partial charge < -0.3 is 9.84 Å². The van der Waals surface area contributed by atoms with Crippen LogP contribution < -0.4 is 4.74 Å². The second-order valence-electron chi connectivity index (χ2n) is 5.35. The molecule has 3 rings (SSSR count). The van der Waals surface area contributed by atoms with Crippen LogP contribution in [0.3, 0.4) is 0 Å². The zero-order chi connectivity index (χ0) is 14.1. The lowest BCUT2D eigenvalue weighted by molar-refractivity contribution is 0.220. The van der Waals surface area contributed by atoms with Crippen LogP contribution in [0.4, 0.5) is 0 Å². The lowest BCUT2D eigenvalue weighted by atomic mass is 10.00. The average Bonchev–Trinajstić information content (AvgIpc) is 3.22. The summed E-state index contributed by atoms with van der Waals surface area (Å²) in [7, 11) is 0. The van der Waals surface area contributed by atoms with E-state index in [1.165, 1.54) is 0 Å². The fraction of sp³-hybridized carbons (Fsp3) is 0.294. The van der Waals surface area contributed by atoms with Gasteiger partial charge in [0, 0.05) is 5.02 Å². The molecule has 0 aliphatic heterocycles. The summed E-state index contributed by atoms with van der Waals surface area (Å²) in [6.07, 6.45) is 2.02. The Hall–Kier alpha value is -1.51. The first kappa shape index (κ1) is 13.5. The van der Waals surface area contributed by atoms with Crippen LogP contribution in [-0.2, 0) is 0 Å². The monoisotopic (exact) mass is 288 g/mol. The van der Waals surface area contributed by atoms with Gasteiger partial charge in [0.25, 0.3) is 0 Å². The van der Waals surface area contributed by atoms with Crippen LogP contribution >= 0.6 is 11.6 Å². The summed E-state index contributed by atoms with van der Waals surface area (Å²) in [6, 6.07) is 13.3. The Bertz CT molecular complexity index is 583. The first-order valence-corrected chi connectivity index (χ1v) is 7.21. The molecule has 0 amide bonds. The summed E-state index contributed by atoms with van der Waals surface area (Å²) in [5.41, 5.74) is 2.70. The van der Waals surface area contributed by atoms with Gasteiger partial charge in [-0.1, -0.05) is 29.8 Å². The zero-order valence-electron chi connectivity index (χ0n) is 11.3. The molecule has 2 aromatic rings. The molecular formula is C17H17ClO2. The summed E-state index contributed by atoms with van der Waals surface area (Å²) in [4.78, 5) is 0. The molecule has 0 bridgehead atoms. The van der Waals surface area contributed by atoms with Gasteiger partial charge in [0.1, 0.15) is 11.9 Å². The normalized spacial score (nSPS) is 15.9. The molecule has 1 fully saturated rings. The maximum Gasteiger partial charge on any atom is 0.119 e. The molecule has 1 saturated carbocycles. The van der Waals surface area contributed by atoms with Gasteiger partial charge >= 0.3 is 0 Å². The van der Waals surface area contributed by atoms with Crippen molar-refractivity contribution in [2.45, 2.75) is 32.0 Å². The molecule has 104 valence electrons. The van der Waals surface area contributed by atoms with Crippen LogP contribution in [0.25, 0.3) is 0 Å². The summed E-state index contributed by atoms with van der Waals surface area (Å²) in [6.45, 7) is 1.97. The van der Waals surface area contributed by atoms with Gasteiger partial charge in [0.05, 0.1) is 6.10 Å². The lowest BCUT2D eigenvalue weighted by Crippen LogP contribution is -2.01. The highest BCUT2D eigenvalue weighted by atomic mass is 35.5. The van der Waals surface area contributed by atoms with Crippen molar-refractivity contribution in [3.63, 3.8) is 0 Å². The molecule has 2 aromatic carbocycles. The maximum absolute atomic E-state index is 10.4. The maximum atomic E-state index is 10.4. The standard InChI is InChI=1S/C17H17ClO2/c1-11-8-13(10-14(18)9-11)17(19)12-2-4-15(5-3-12)20-16-6-7-16/h2-5,8-10,16-17,19H,6-7H2,1H3. The third-order valence-corrected chi connectivity index (χ3v) is 3.62. The Kier molecular flexibility index (Phi) is 3.68. The van der Waals surface area contributed by atoms with Gasteiger partial charge in [-0.15, -0.1) is 0 Å². The van der Waals surface area contributed by atoms with Crippen molar-refractivity contribution >= 4 is 11.6 Å². The van der Waals surface area contributed by atoms with Crippen LogP contribution in [0.15, 0.2) is 42.5 Å². The van der Waals surface area contributed by atoms with E-state index in [9.17, 15) is 5.11 Å². The van der Waals surface area contributed by atoms with Gasteiger partial charge in [-0.25, -0.2) is 0 Å². The number of hydrogen-bond donors (Lipinski definition) is 1. The van der Waals surface area contributed by atoms with Crippen LogP contribution in [0.2, 0.25) is 5.02 Å². The van der Waals surface area contributed by atoms with Crippen molar-refractivity contribution < 1.29 is 9.84 Å². The first-order valence-electron chi connectivity index (χ1n) is 6.83. The third kappa shape index (κ3) is 3.14. The molecule has 0 saturated heterocycles. The first-order chi connectivity index (χ1) is 9.61. The molecular weight excluding hydrogens is 272 g/mol. The molecule has 1 aliphatic carbocycles. The molecule has 0 aromatic heterocycles. The van der Waals surface area contributed by atoms with E-state index in [0.717, 1.165) is 35.3 Å². The Balaban J connectivity index is 1.79. The van der Waals surface area contributed by atoms with Crippen molar-refractivity contribution in [2.24, 2.45) is 0 Å². The van der Waals surface area contributed by atoms with Crippen LogP contribution in [-0.4, -0.2) is 11.2 Å². The number of aryl methyl sites for hydroxylation is 1. The number of benzene rings is 2. The van der Waals surface area contributed by atoms with E-state index >= 15 is 0 Å². The third-order valence-electron chi connectivity index (χ3n) is 3.40. The van der Waals surface area contributed by atoms with E-state index in [2.05, 4.69) is 0 Å². The van der Waals surface area contributed by atoms with Crippen LogP contribution in [0.5, 0.6) is 5.75 Å². The minimum absolute atomic E-state index is 0.390. The summed E-state index contributed by atoms with van der Waals surface area (Å²) < 4.78 is 5.70. The van der Waals surface area contributed by atoms with Gasteiger partial charge in [-0.2, -0.15) is 0 Å². The van der Waals surface area contributed by atoms with E-state index < -0.39 is 6.10 Å². The number of halogens is 1. The van der Waals surface area contributed by atoms with E-state index in [1.54, 1.807) is 6.07 Å². The van der Waals surface area contributed by atoms with Gasteiger partial charge in [-0.3, -0.25) is 0 Å². The lowest BCUT2D eigenvalue weighted by Gasteiger charge is -2.13. The van der Waals surface area contributed by atoms with Gasteiger partial charge in [0.2, 0.25) is 0 Å². The smallest absolute Gasteiger partial charge is 0.119 e. The van der Waals surface area contributed by atoms with E-state index in [0.29, 0.717) is 11.1 Å². The molecule has 0 spiro atoms. The minimum atomic E-state index is -0.664. The fourth-order valence-electron chi connectivity index (χ4n) is 2.22. The van der Waals surface area contributed by atoms with Crippen molar-refractivity contribution in [3.05, 3.63) is 64.2 Å². The molecule has 20 heavy (non-hydrogen) atoms. The molecule has 0 radical (unpaired) electrons. The molecule has 1 unspecified atom stereocenters. The molecule has 0 heterocycles. The Morgan fingerprint density at radius 1 is 1.10 bits per heavy atom. The number of aliphatic hydroxyl groups is 1. The van der Waals surface area contributed by atoms with Crippen molar-refractivity contribution in [1.29, 1.82) is 0 Å². The van der Waals surface area contributed by atoms with Crippen molar-refractivity contribution in [1.82, 2.24) is 0 Å². The number of aliphatic hydroxyl groups excluding tert-OH is 1. The van der Waals surface area contributed by atoms with Crippen molar-refractivity contribution in [2.75, 3.05) is 0 Å². The summed E-state index contributed by atoms with van der Waals surface area (Å²) in [5, 5.41) is 11.1. The second-order valence-corrected chi connectivity index (χ2v) is 5.79. The molecule has 1 N–H and O–H groups in total. The highest BCUT2D eigenvalue weighted by Crippen LogP contribution is 2.29. The molecule has 3 heteroatoms. The molecule has 2 nitrogen and oxygen atoms in total. The largest absolute Gasteiger partial charge is 0.490 e. The fourth-order valence-corrected chi connectivity index (χ4v) is 2.52. The van der Waals surface area contributed by atoms with Crippen LogP contribution in [0.1, 0.15) is 35.6 Å². The number of ether oxygens (including phenoxy) is 1. The number of hydrogen-bond acceptors (Lipinski definition) is 2. The predicted molar refractivity (Wildman–Crippen MR) is 80.3 cm³/mol. The topological polar surface area (TPSA) is 29.5 Å². The molecule has 1 atom stereocenters. The van der Waals surface area contributed by atoms with E-state index in [-0.39, 0.29) is 0 Å². The SMILES string of the molecule is Cc1cc(Cl)cc(C(O)c2ccc(OC3CC3)cc2)c1. The van der Waals surface area contributed by atoms with Crippen LogP contribution in [0, 0.1) is 6.92 Å². The highest BCUT2D eigenvalue weighted by molar-refractivity contribution is 6.30. The Labute approximate surface area is 124 Å². The minimum Gasteiger partial charge on any atom is -0.490 e. The molecule has 1 aliphatic rings. The second kappa shape index (κ2) is 5.47. The summed E-state index contributed by atoms with van der Waals surface area (Å²) >= 11 is 6.04. The van der Waals surface area contributed by atoms with Gasteiger partial charge in [0.15, 0.2) is 0 Å². The van der Waals surface area contributed by atoms with E-state index in [4.69, 9.17) is 16.3 Å². The quantitative estimate of drug-likeness (QED) is 0.910.